The highest BCUT2D eigenvalue weighted by Crippen LogP contribution is 2.39. The molecule has 0 bridgehead atoms. The second kappa shape index (κ2) is 23.5. The summed E-state index contributed by atoms with van der Waals surface area (Å²) in [5.41, 5.74) is 0.691. The van der Waals surface area contributed by atoms with Crippen molar-refractivity contribution in [1.29, 1.82) is 0 Å². The minimum Gasteiger partial charge on any atom is -0.455 e. The van der Waals surface area contributed by atoms with E-state index in [2.05, 4.69) is 106 Å². The molecule has 2 saturated heterocycles. The lowest BCUT2D eigenvalue weighted by Crippen LogP contribution is -2.67. The summed E-state index contributed by atoms with van der Waals surface area (Å²) in [6.45, 7) is 10.9. The summed E-state index contributed by atoms with van der Waals surface area (Å²) in [6, 6.07) is 21.2. The van der Waals surface area contributed by atoms with E-state index in [-0.39, 0.29) is 47.6 Å². The van der Waals surface area contributed by atoms with E-state index in [1.807, 2.05) is 31.2 Å². The third-order valence-electron chi connectivity index (χ3n) is 12.0. The average Bonchev–Trinajstić information content (AvgIpc) is 3.99. The van der Waals surface area contributed by atoms with Crippen LogP contribution in [-0.2, 0) is 23.4 Å². The fraction of sp³-hybridized carbons (Fsp3) is 0.588. The van der Waals surface area contributed by atoms with E-state index in [9.17, 15) is 15.0 Å². The van der Waals surface area contributed by atoms with Gasteiger partial charge < -0.3 is 28.8 Å². The van der Waals surface area contributed by atoms with Crippen molar-refractivity contribution in [3.63, 3.8) is 0 Å². The van der Waals surface area contributed by atoms with Gasteiger partial charge in [0.15, 0.2) is 0 Å². The summed E-state index contributed by atoms with van der Waals surface area (Å²) < 4.78 is 25.5. The number of hydrogen-bond acceptors (Lipinski definition) is 7. The zero-order valence-electron chi connectivity index (χ0n) is 36.4. The van der Waals surface area contributed by atoms with Crippen LogP contribution in [0.5, 0.6) is 0 Å². The first-order valence-electron chi connectivity index (χ1n) is 22.5. The van der Waals surface area contributed by atoms with E-state index >= 15 is 0 Å². The van der Waals surface area contributed by atoms with E-state index in [0.717, 1.165) is 57.8 Å². The Bertz CT molecular complexity index is 1720. The topological polar surface area (TPSA) is 94.5 Å². The van der Waals surface area contributed by atoms with Gasteiger partial charge in [-0.15, -0.1) is 11.8 Å². The van der Waals surface area contributed by atoms with Crippen molar-refractivity contribution in [3.8, 4) is 23.7 Å². The summed E-state index contributed by atoms with van der Waals surface area (Å²) in [4.78, 5) is 12.8. The standard InChI is InChI=1S/C51H70O7Si/c1-6-7-8-9-10-11-15-24-31-44(52)46-33-35-48(56-46)49-36-34-47(57-49)45(53)32-25-16-13-12-14-19-26-41(38-40-37-39(2)55-50(40)54)58-59(51(3,4)5,42-27-20-17-21-28-42)43-29-22-18-23-30-43/h12-13,17-18,20-23,27-30,37,39,41,44-49,52-53H,6-11,14,19,26,31-36,38H2,1-5H3. The predicted octanol–water partition coefficient (Wildman–Crippen LogP) is 8.88. The highest BCUT2D eigenvalue weighted by molar-refractivity contribution is 6.99. The van der Waals surface area contributed by atoms with Gasteiger partial charge in [0, 0.05) is 31.3 Å². The Morgan fingerprint density at radius 3 is 1.97 bits per heavy atom. The maximum Gasteiger partial charge on any atom is 0.334 e. The van der Waals surface area contributed by atoms with Gasteiger partial charge in [0.05, 0.1) is 42.7 Å². The van der Waals surface area contributed by atoms with Gasteiger partial charge in [-0.3, -0.25) is 0 Å². The van der Waals surface area contributed by atoms with E-state index in [1.165, 1.54) is 36.1 Å². The van der Waals surface area contributed by atoms with Crippen LogP contribution in [0.25, 0.3) is 0 Å². The molecule has 59 heavy (non-hydrogen) atoms. The molecule has 2 N–H and O–H groups in total. The zero-order chi connectivity index (χ0) is 42.1. The van der Waals surface area contributed by atoms with Crippen molar-refractivity contribution >= 4 is 24.7 Å². The molecule has 8 heteroatoms. The lowest BCUT2D eigenvalue weighted by atomic mass is 10.0. The fourth-order valence-electron chi connectivity index (χ4n) is 8.83. The van der Waals surface area contributed by atoms with Gasteiger partial charge in [0.25, 0.3) is 8.32 Å². The number of unbranched alkanes of at least 4 members (excludes halogenated alkanes) is 6. The molecule has 0 aliphatic carbocycles. The largest absolute Gasteiger partial charge is 0.455 e. The molecule has 0 radical (unpaired) electrons. The van der Waals surface area contributed by atoms with Crippen LogP contribution in [0.1, 0.15) is 137 Å². The summed E-state index contributed by atoms with van der Waals surface area (Å²) >= 11 is 0. The van der Waals surface area contributed by atoms with Gasteiger partial charge in [0.2, 0.25) is 0 Å². The number of rotatable bonds is 20. The number of hydrogen-bond donors (Lipinski definition) is 2. The summed E-state index contributed by atoms with van der Waals surface area (Å²) in [6.07, 6.45) is 17.7. The molecule has 0 spiro atoms. The Labute approximate surface area is 356 Å². The van der Waals surface area contributed by atoms with Crippen LogP contribution < -0.4 is 10.4 Å². The lowest BCUT2D eigenvalue weighted by Gasteiger charge is -2.45. The SMILES string of the molecule is CCCCCCCC#CCC(O)C1CCC(C2CCC(C(O)CC#CC=CCCCC(CC3=CC(C)OC3=O)O[Si](c3ccccc3)(c3ccccc3)C(C)(C)C)O2)O1. The third-order valence-corrected chi connectivity index (χ3v) is 17.1. The predicted molar refractivity (Wildman–Crippen MR) is 240 cm³/mol. The quantitative estimate of drug-likeness (QED) is 0.0597. The zero-order valence-corrected chi connectivity index (χ0v) is 37.4. The maximum absolute atomic E-state index is 12.8. The first-order chi connectivity index (χ1) is 28.5. The van der Waals surface area contributed by atoms with Gasteiger partial charge in [-0.05, 0) is 85.9 Å². The van der Waals surface area contributed by atoms with Crippen molar-refractivity contribution < 1.29 is 33.6 Å². The van der Waals surface area contributed by atoms with Gasteiger partial charge in [-0.2, -0.15) is 0 Å². The molecule has 320 valence electrons. The average molecular weight is 823 g/mol. The van der Waals surface area contributed by atoms with Crippen molar-refractivity contribution in [3.05, 3.63) is 84.5 Å². The molecule has 0 amide bonds. The highest BCUT2D eigenvalue weighted by atomic mass is 28.4. The van der Waals surface area contributed by atoms with Crippen molar-refractivity contribution in [2.45, 2.75) is 191 Å². The molecule has 8 atom stereocenters. The van der Waals surface area contributed by atoms with E-state index in [4.69, 9.17) is 18.6 Å². The molecular formula is C51H70O7Si. The van der Waals surface area contributed by atoms with Crippen molar-refractivity contribution in [2.24, 2.45) is 0 Å². The van der Waals surface area contributed by atoms with Crippen LogP contribution in [0.2, 0.25) is 5.04 Å². The number of ether oxygens (including phenoxy) is 3. The van der Waals surface area contributed by atoms with E-state index in [1.54, 1.807) is 0 Å². The minimum atomic E-state index is -2.84. The van der Waals surface area contributed by atoms with Gasteiger partial charge in [0.1, 0.15) is 6.10 Å². The third kappa shape index (κ3) is 13.5. The smallest absolute Gasteiger partial charge is 0.334 e. The van der Waals surface area contributed by atoms with Crippen LogP contribution >= 0.6 is 0 Å². The summed E-state index contributed by atoms with van der Waals surface area (Å²) in [7, 11) is -2.84. The Hall–Kier alpha value is -3.47. The highest BCUT2D eigenvalue weighted by Gasteiger charge is 2.51. The number of aliphatic hydroxyl groups is 2. The molecule has 3 heterocycles. The van der Waals surface area contributed by atoms with E-state index < -0.39 is 20.5 Å². The Balaban J connectivity index is 1.09. The van der Waals surface area contributed by atoms with Gasteiger partial charge in [-0.25, -0.2) is 4.79 Å². The monoisotopic (exact) mass is 822 g/mol. The number of allylic oxidation sites excluding steroid dienone is 2. The summed E-state index contributed by atoms with van der Waals surface area (Å²) in [5.74, 6) is 12.4. The number of carbonyl (C=O) groups excluding carboxylic acids is 1. The second-order valence-electron chi connectivity index (χ2n) is 17.7. The molecule has 2 aromatic rings. The molecule has 5 rings (SSSR count). The van der Waals surface area contributed by atoms with Crippen LogP contribution in [-0.4, -0.2) is 73.3 Å². The van der Waals surface area contributed by atoms with E-state index in [0.29, 0.717) is 24.8 Å². The maximum atomic E-state index is 12.8. The number of benzene rings is 2. The number of aliphatic hydroxyl groups excluding tert-OH is 2. The Morgan fingerprint density at radius 2 is 1.41 bits per heavy atom. The number of carbonyl (C=O) groups is 1. The van der Waals surface area contributed by atoms with Gasteiger partial charge in [-0.1, -0.05) is 132 Å². The number of esters is 1. The van der Waals surface area contributed by atoms with Crippen LogP contribution in [0.3, 0.4) is 0 Å². The molecule has 2 aromatic carbocycles. The first-order valence-corrected chi connectivity index (χ1v) is 24.4. The van der Waals surface area contributed by atoms with Crippen LogP contribution in [0.4, 0.5) is 0 Å². The first kappa shape index (κ1) is 46.6. The van der Waals surface area contributed by atoms with Crippen molar-refractivity contribution in [1.82, 2.24) is 0 Å². The molecular weight excluding hydrogens is 753 g/mol. The van der Waals surface area contributed by atoms with Crippen LogP contribution in [0.15, 0.2) is 84.5 Å². The molecule has 0 saturated carbocycles. The van der Waals surface area contributed by atoms with Crippen molar-refractivity contribution in [2.75, 3.05) is 0 Å². The molecule has 3 aliphatic rings. The van der Waals surface area contributed by atoms with Crippen LogP contribution in [0, 0.1) is 23.7 Å². The minimum absolute atomic E-state index is 0.0615. The van der Waals surface area contributed by atoms with Gasteiger partial charge >= 0.3 is 5.97 Å². The second-order valence-corrected chi connectivity index (χ2v) is 22.0. The molecule has 7 nitrogen and oxygen atoms in total. The molecule has 2 fully saturated rings. The Morgan fingerprint density at radius 1 is 0.814 bits per heavy atom. The summed E-state index contributed by atoms with van der Waals surface area (Å²) in [5, 5.41) is 23.9. The lowest BCUT2D eigenvalue weighted by molar-refractivity contribution is -0.139. The molecule has 3 aliphatic heterocycles. The Kier molecular flexibility index (Phi) is 18.6. The number of cyclic esters (lactones) is 1. The molecule has 8 unspecified atom stereocenters. The normalized spacial score (nSPS) is 23.5. The molecule has 0 aromatic heterocycles. The fourth-order valence-corrected chi connectivity index (χ4v) is 13.6.